The average Bonchev–Trinajstić information content (AvgIpc) is 2.76. The molecule has 1 heterocycles. The number of imidazole rings is 1. The first-order chi connectivity index (χ1) is 8.65. The number of halogens is 1. The highest BCUT2D eigenvalue weighted by Gasteiger charge is 2.16. The second-order valence-corrected chi connectivity index (χ2v) is 3.96. The van der Waals surface area contributed by atoms with Crippen molar-refractivity contribution in [3.05, 3.63) is 47.8 Å². The third-order valence-electron chi connectivity index (χ3n) is 2.69. The molecular formula is C13H14FN3O. The van der Waals surface area contributed by atoms with Crippen LogP contribution in [-0.2, 0) is 6.42 Å². The molecule has 0 bridgehead atoms. The first-order valence-corrected chi connectivity index (χ1v) is 5.76. The molecule has 0 aliphatic carbocycles. The summed E-state index contributed by atoms with van der Waals surface area (Å²) in [6, 6.07) is 4.43. The first-order valence-electron chi connectivity index (χ1n) is 5.76. The summed E-state index contributed by atoms with van der Waals surface area (Å²) in [7, 11) is 0. The number of hydrogen-bond donors (Lipinski definition) is 1. The molecule has 0 spiro atoms. The fourth-order valence-electron chi connectivity index (χ4n) is 1.92. The van der Waals surface area contributed by atoms with E-state index in [2.05, 4.69) is 4.98 Å². The van der Waals surface area contributed by atoms with Crippen LogP contribution in [0.1, 0.15) is 29.5 Å². The van der Waals surface area contributed by atoms with Gasteiger partial charge in [-0.2, -0.15) is 0 Å². The molecule has 2 aromatic rings. The standard InChI is InChI=1S/C13H14FN3O/c1-2-4-11-16-7-8-17(11)10-6-3-5-9(14)12(10)13(15)18/h3,5-8H,2,4H2,1H3,(H2,15,18). The molecule has 5 heteroatoms. The summed E-state index contributed by atoms with van der Waals surface area (Å²) < 4.78 is 15.4. The molecular weight excluding hydrogens is 233 g/mol. The van der Waals surface area contributed by atoms with Crippen LogP contribution in [0, 0.1) is 5.82 Å². The summed E-state index contributed by atoms with van der Waals surface area (Å²) in [5.41, 5.74) is 5.56. The lowest BCUT2D eigenvalue weighted by Gasteiger charge is -2.11. The summed E-state index contributed by atoms with van der Waals surface area (Å²) in [5, 5.41) is 0. The molecule has 0 radical (unpaired) electrons. The number of aryl methyl sites for hydroxylation is 1. The van der Waals surface area contributed by atoms with Crippen molar-refractivity contribution in [1.29, 1.82) is 0 Å². The summed E-state index contributed by atoms with van der Waals surface area (Å²) in [5.74, 6) is -0.610. The first kappa shape index (κ1) is 12.3. The molecule has 0 fully saturated rings. The highest BCUT2D eigenvalue weighted by molar-refractivity contribution is 5.96. The molecule has 0 aliphatic rings. The third kappa shape index (κ3) is 2.11. The van der Waals surface area contributed by atoms with Gasteiger partial charge in [0.15, 0.2) is 0 Å². The number of aromatic nitrogens is 2. The van der Waals surface area contributed by atoms with Crippen molar-refractivity contribution in [2.75, 3.05) is 0 Å². The molecule has 0 atom stereocenters. The number of carbonyl (C=O) groups excluding carboxylic acids is 1. The number of hydrogen-bond acceptors (Lipinski definition) is 2. The van der Waals surface area contributed by atoms with Gasteiger partial charge in [0, 0.05) is 18.8 Å². The summed E-state index contributed by atoms with van der Waals surface area (Å²) in [6.45, 7) is 2.03. The molecule has 1 aromatic carbocycles. The van der Waals surface area contributed by atoms with Gasteiger partial charge in [-0.15, -0.1) is 0 Å². The third-order valence-corrected chi connectivity index (χ3v) is 2.69. The van der Waals surface area contributed by atoms with E-state index in [1.54, 1.807) is 29.1 Å². The Morgan fingerprint density at radius 2 is 2.28 bits per heavy atom. The maximum Gasteiger partial charge on any atom is 0.253 e. The van der Waals surface area contributed by atoms with E-state index in [1.165, 1.54) is 6.07 Å². The second-order valence-electron chi connectivity index (χ2n) is 3.96. The molecule has 4 nitrogen and oxygen atoms in total. The molecule has 1 aromatic heterocycles. The predicted molar refractivity (Wildman–Crippen MR) is 66.0 cm³/mol. The zero-order valence-electron chi connectivity index (χ0n) is 10.1. The van der Waals surface area contributed by atoms with Crippen molar-refractivity contribution >= 4 is 5.91 Å². The fraction of sp³-hybridized carbons (Fsp3) is 0.231. The zero-order chi connectivity index (χ0) is 13.1. The number of benzene rings is 1. The molecule has 1 amide bonds. The largest absolute Gasteiger partial charge is 0.365 e. The normalized spacial score (nSPS) is 10.6. The molecule has 18 heavy (non-hydrogen) atoms. The highest BCUT2D eigenvalue weighted by Crippen LogP contribution is 2.19. The number of amides is 1. The lowest BCUT2D eigenvalue weighted by atomic mass is 10.1. The minimum absolute atomic E-state index is 0.104. The molecule has 2 rings (SSSR count). The Balaban J connectivity index is 2.60. The van der Waals surface area contributed by atoms with Gasteiger partial charge in [0.1, 0.15) is 11.6 Å². The highest BCUT2D eigenvalue weighted by atomic mass is 19.1. The van der Waals surface area contributed by atoms with Gasteiger partial charge in [-0.1, -0.05) is 13.0 Å². The van der Waals surface area contributed by atoms with Crippen molar-refractivity contribution in [3.8, 4) is 5.69 Å². The monoisotopic (exact) mass is 247 g/mol. The summed E-state index contributed by atoms with van der Waals surface area (Å²) in [6.07, 6.45) is 4.99. The SMILES string of the molecule is CCCc1nccn1-c1cccc(F)c1C(N)=O. The summed E-state index contributed by atoms with van der Waals surface area (Å²) in [4.78, 5) is 15.6. The van der Waals surface area contributed by atoms with Crippen LogP contribution in [0.5, 0.6) is 0 Å². The van der Waals surface area contributed by atoms with Crippen molar-refractivity contribution in [2.24, 2.45) is 5.73 Å². The number of rotatable bonds is 4. The predicted octanol–water partition coefficient (Wildman–Crippen LogP) is 2.06. The topological polar surface area (TPSA) is 60.9 Å². The van der Waals surface area contributed by atoms with E-state index in [4.69, 9.17) is 5.73 Å². The summed E-state index contributed by atoms with van der Waals surface area (Å²) >= 11 is 0. The molecule has 94 valence electrons. The molecule has 2 N–H and O–H groups in total. The molecule has 0 saturated heterocycles. The van der Waals surface area contributed by atoms with Crippen LogP contribution in [0.3, 0.4) is 0 Å². The number of nitrogens with zero attached hydrogens (tertiary/aromatic N) is 2. The van der Waals surface area contributed by atoms with Gasteiger partial charge in [-0.05, 0) is 18.6 Å². The van der Waals surface area contributed by atoms with E-state index in [0.29, 0.717) is 5.69 Å². The van der Waals surface area contributed by atoms with Crippen LogP contribution >= 0.6 is 0 Å². The van der Waals surface area contributed by atoms with Crippen LogP contribution in [0.4, 0.5) is 4.39 Å². The lowest BCUT2D eigenvalue weighted by molar-refractivity contribution is 0.0996. The van der Waals surface area contributed by atoms with Gasteiger partial charge in [0.05, 0.1) is 11.3 Å². The number of carbonyl (C=O) groups is 1. The molecule has 0 aliphatic heterocycles. The Morgan fingerprint density at radius 1 is 1.50 bits per heavy atom. The van der Waals surface area contributed by atoms with Gasteiger partial charge in [0.2, 0.25) is 0 Å². The number of nitrogens with two attached hydrogens (primary N) is 1. The van der Waals surface area contributed by atoms with E-state index in [-0.39, 0.29) is 5.56 Å². The van der Waals surface area contributed by atoms with Crippen LogP contribution in [0.25, 0.3) is 5.69 Å². The van der Waals surface area contributed by atoms with Gasteiger partial charge >= 0.3 is 0 Å². The Hall–Kier alpha value is -2.17. The van der Waals surface area contributed by atoms with E-state index >= 15 is 0 Å². The van der Waals surface area contributed by atoms with Gasteiger partial charge < -0.3 is 10.3 Å². The van der Waals surface area contributed by atoms with E-state index < -0.39 is 11.7 Å². The fourth-order valence-corrected chi connectivity index (χ4v) is 1.92. The average molecular weight is 247 g/mol. The number of primary amides is 1. The Labute approximate surface area is 104 Å². The lowest BCUT2D eigenvalue weighted by Crippen LogP contribution is -2.17. The van der Waals surface area contributed by atoms with Crippen LogP contribution in [-0.4, -0.2) is 15.5 Å². The van der Waals surface area contributed by atoms with Gasteiger partial charge in [-0.25, -0.2) is 9.37 Å². The zero-order valence-corrected chi connectivity index (χ0v) is 10.1. The Morgan fingerprint density at radius 3 is 2.94 bits per heavy atom. The maximum absolute atomic E-state index is 13.7. The maximum atomic E-state index is 13.7. The second kappa shape index (κ2) is 5.00. The quantitative estimate of drug-likeness (QED) is 0.899. The van der Waals surface area contributed by atoms with E-state index in [9.17, 15) is 9.18 Å². The van der Waals surface area contributed by atoms with Crippen molar-refractivity contribution in [1.82, 2.24) is 9.55 Å². The van der Waals surface area contributed by atoms with Gasteiger partial charge in [-0.3, -0.25) is 4.79 Å². The van der Waals surface area contributed by atoms with Gasteiger partial charge in [0.25, 0.3) is 5.91 Å². The van der Waals surface area contributed by atoms with Crippen molar-refractivity contribution in [3.63, 3.8) is 0 Å². The van der Waals surface area contributed by atoms with Crippen molar-refractivity contribution < 1.29 is 9.18 Å². The Kier molecular flexibility index (Phi) is 3.41. The minimum Gasteiger partial charge on any atom is -0.365 e. The smallest absolute Gasteiger partial charge is 0.253 e. The molecule has 0 saturated carbocycles. The van der Waals surface area contributed by atoms with Crippen LogP contribution in [0.15, 0.2) is 30.6 Å². The van der Waals surface area contributed by atoms with E-state index in [1.807, 2.05) is 6.92 Å². The van der Waals surface area contributed by atoms with Crippen LogP contribution in [0.2, 0.25) is 0 Å². The molecule has 0 unspecified atom stereocenters. The Bertz CT molecular complexity index is 577. The van der Waals surface area contributed by atoms with Crippen molar-refractivity contribution in [2.45, 2.75) is 19.8 Å². The van der Waals surface area contributed by atoms with Crippen LogP contribution < -0.4 is 5.73 Å². The minimum atomic E-state index is -0.778. The van der Waals surface area contributed by atoms with E-state index in [0.717, 1.165) is 18.7 Å².